The topological polar surface area (TPSA) is 0 Å². The van der Waals surface area contributed by atoms with E-state index in [1.54, 1.807) is 6.07 Å². The maximum Gasteiger partial charge on any atom is 0.0633 e. The van der Waals surface area contributed by atoms with Gasteiger partial charge >= 0.3 is 0 Å². The lowest BCUT2D eigenvalue weighted by Crippen LogP contribution is -2.09. The van der Waals surface area contributed by atoms with E-state index in [-0.39, 0.29) is 0 Å². The fourth-order valence-electron chi connectivity index (χ4n) is 1.46. The Bertz CT molecular complexity index is 290. The molecule has 0 unspecified atom stereocenters. The molecule has 0 aliphatic heterocycles. The molecule has 2 rings (SSSR count). The van der Waals surface area contributed by atoms with Gasteiger partial charge in [0.25, 0.3) is 0 Å². The summed E-state index contributed by atoms with van der Waals surface area (Å²) in [5, 5.41) is 1.35. The Morgan fingerprint density at radius 2 is 2.08 bits per heavy atom. The van der Waals surface area contributed by atoms with Crippen molar-refractivity contribution in [1.29, 1.82) is 0 Å². The quantitative estimate of drug-likeness (QED) is 0.641. The monoisotopic (exact) mass is 199 g/mol. The Balaban J connectivity index is 2.36. The Hall–Kier alpha value is -0.200. The second-order valence-electron chi connectivity index (χ2n) is 3.18. The number of hydrogen-bond acceptors (Lipinski definition) is 0. The van der Waals surface area contributed by atoms with Crippen LogP contribution in [-0.2, 0) is 0 Å². The van der Waals surface area contributed by atoms with Crippen LogP contribution in [0.3, 0.4) is 0 Å². The van der Waals surface area contributed by atoms with Crippen LogP contribution in [0.2, 0.25) is 10.0 Å². The molecule has 63 valence electrons. The zero-order valence-corrected chi connectivity index (χ0v) is 8.12. The van der Waals surface area contributed by atoms with Gasteiger partial charge in [0.05, 0.1) is 10.0 Å². The van der Waals surface area contributed by atoms with Gasteiger partial charge in [-0.1, -0.05) is 35.7 Å². The molecule has 1 aliphatic carbocycles. The van der Waals surface area contributed by atoms with E-state index in [2.05, 4.69) is 6.07 Å². The normalized spacial score (nSPS) is 17.5. The third kappa shape index (κ3) is 1.34. The zero-order valence-electron chi connectivity index (χ0n) is 6.61. The average Bonchev–Trinajstić information content (AvgIpc) is 1.95. The van der Waals surface area contributed by atoms with Crippen molar-refractivity contribution in [3.8, 4) is 0 Å². The molecule has 0 saturated heterocycles. The standard InChI is InChI=1S/C10H9Cl2/c11-9-6-2-5-8(10(9)12)7-3-1-4-7/h2,6-7H,1,3-4H2. The maximum absolute atomic E-state index is 6.04. The van der Waals surface area contributed by atoms with Crippen molar-refractivity contribution < 1.29 is 0 Å². The first-order valence-corrected chi connectivity index (χ1v) is 4.90. The highest BCUT2D eigenvalue weighted by Gasteiger charge is 2.22. The van der Waals surface area contributed by atoms with E-state index >= 15 is 0 Å². The summed E-state index contributed by atoms with van der Waals surface area (Å²) in [4.78, 5) is 0. The molecule has 2 heteroatoms. The van der Waals surface area contributed by atoms with Crippen LogP contribution in [0.25, 0.3) is 0 Å². The van der Waals surface area contributed by atoms with Crippen LogP contribution < -0.4 is 0 Å². The third-order valence-electron chi connectivity index (χ3n) is 2.43. The second-order valence-corrected chi connectivity index (χ2v) is 3.97. The number of halogens is 2. The summed E-state index contributed by atoms with van der Waals surface area (Å²) in [7, 11) is 0. The minimum absolute atomic E-state index is 0.608. The molecule has 1 fully saturated rings. The molecule has 1 radical (unpaired) electrons. The highest BCUT2D eigenvalue weighted by atomic mass is 35.5. The molecule has 0 nitrogen and oxygen atoms in total. The SMILES string of the molecule is Clc1cc[c]c(C2CCC2)c1Cl. The van der Waals surface area contributed by atoms with E-state index in [4.69, 9.17) is 23.2 Å². The molecule has 1 aliphatic rings. The molecule has 1 aromatic rings. The van der Waals surface area contributed by atoms with Crippen LogP contribution in [0.5, 0.6) is 0 Å². The number of hydrogen-bond donors (Lipinski definition) is 0. The van der Waals surface area contributed by atoms with Crippen LogP contribution in [0, 0.1) is 6.07 Å². The molecule has 12 heavy (non-hydrogen) atoms. The Labute approximate surface area is 82.5 Å². The van der Waals surface area contributed by atoms with Gasteiger partial charge in [0.2, 0.25) is 0 Å². The Morgan fingerprint density at radius 3 is 2.67 bits per heavy atom. The van der Waals surface area contributed by atoms with E-state index in [1.165, 1.54) is 19.3 Å². The van der Waals surface area contributed by atoms with Gasteiger partial charge in [-0.2, -0.15) is 0 Å². The van der Waals surface area contributed by atoms with E-state index in [9.17, 15) is 0 Å². The summed E-state index contributed by atoms with van der Waals surface area (Å²) >= 11 is 11.9. The number of benzene rings is 1. The lowest BCUT2D eigenvalue weighted by atomic mass is 9.80. The minimum atomic E-state index is 0.608. The first kappa shape index (κ1) is 8.40. The van der Waals surface area contributed by atoms with Crippen molar-refractivity contribution in [3.63, 3.8) is 0 Å². The van der Waals surface area contributed by atoms with Crippen molar-refractivity contribution in [1.82, 2.24) is 0 Å². The van der Waals surface area contributed by atoms with Crippen molar-refractivity contribution in [2.24, 2.45) is 0 Å². The molecule has 1 saturated carbocycles. The van der Waals surface area contributed by atoms with Gasteiger partial charge < -0.3 is 0 Å². The zero-order chi connectivity index (χ0) is 8.55. The van der Waals surface area contributed by atoms with Crippen LogP contribution in [-0.4, -0.2) is 0 Å². The van der Waals surface area contributed by atoms with Gasteiger partial charge in [0, 0.05) is 0 Å². The fraction of sp³-hybridized carbons (Fsp3) is 0.400. The summed E-state index contributed by atoms with van der Waals surface area (Å²) in [5.41, 5.74) is 1.11. The van der Waals surface area contributed by atoms with Crippen LogP contribution in [0.1, 0.15) is 30.7 Å². The number of rotatable bonds is 1. The van der Waals surface area contributed by atoms with E-state index in [1.807, 2.05) is 6.07 Å². The van der Waals surface area contributed by atoms with Crippen molar-refractivity contribution >= 4 is 23.2 Å². The Morgan fingerprint density at radius 1 is 1.33 bits per heavy atom. The molecule has 0 spiro atoms. The highest BCUT2D eigenvalue weighted by molar-refractivity contribution is 6.42. The van der Waals surface area contributed by atoms with Crippen molar-refractivity contribution in [2.75, 3.05) is 0 Å². The third-order valence-corrected chi connectivity index (χ3v) is 3.25. The fourth-order valence-corrected chi connectivity index (χ4v) is 1.90. The predicted octanol–water partition coefficient (Wildman–Crippen LogP) is 4.06. The minimum Gasteiger partial charge on any atom is -0.0827 e. The van der Waals surface area contributed by atoms with Crippen LogP contribution in [0.4, 0.5) is 0 Å². The Kier molecular flexibility index (Phi) is 2.29. The molecule has 0 atom stereocenters. The van der Waals surface area contributed by atoms with Crippen molar-refractivity contribution in [2.45, 2.75) is 25.2 Å². The molecular formula is C10H9Cl2. The molecule has 0 heterocycles. The molecule has 1 aromatic carbocycles. The van der Waals surface area contributed by atoms with Gasteiger partial charge in [-0.15, -0.1) is 0 Å². The highest BCUT2D eigenvalue weighted by Crippen LogP contribution is 2.41. The van der Waals surface area contributed by atoms with Gasteiger partial charge in [0.1, 0.15) is 0 Å². The summed E-state index contributed by atoms with van der Waals surface area (Å²) in [5.74, 6) is 0.608. The van der Waals surface area contributed by atoms with Gasteiger partial charge in [-0.05, 0) is 36.5 Å². The van der Waals surface area contributed by atoms with Crippen LogP contribution >= 0.6 is 23.2 Å². The van der Waals surface area contributed by atoms with E-state index < -0.39 is 0 Å². The van der Waals surface area contributed by atoms with E-state index in [0.717, 1.165) is 5.56 Å². The first-order valence-electron chi connectivity index (χ1n) is 4.14. The lowest BCUT2D eigenvalue weighted by Gasteiger charge is -2.26. The van der Waals surface area contributed by atoms with Crippen molar-refractivity contribution in [3.05, 3.63) is 33.8 Å². The summed E-state index contributed by atoms with van der Waals surface area (Å²) in [6.07, 6.45) is 3.77. The predicted molar refractivity (Wildman–Crippen MR) is 51.9 cm³/mol. The lowest BCUT2D eigenvalue weighted by molar-refractivity contribution is 0.419. The van der Waals surface area contributed by atoms with Crippen LogP contribution in [0.15, 0.2) is 12.1 Å². The summed E-state index contributed by atoms with van der Waals surface area (Å²) in [6, 6.07) is 6.80. The molecule has 0 N–H and O–H groups in total. The summed E-state index contributed by atoms with van der Waals surface area (Å²) < 4.78 is 0. The van der Waals surface area contributed by atoms with Gasteiger partial charge in [-0.25, -0.2) is 0 Å². The van der Waals surface area contributed by atoms with Gasteiger partial charge in [0.15, 0.2) is 0 Å². The second kappa shape index (κ2) is 3.27. The largest absolute Gasteiger partial charge is 0.0827 e. The molecular weight excluding hydrogens is 191 g/mol. The maximum atomic E-state index is 6.04. The summed E-state index contributed by atoms with van der Waals surface area (Å²) in [6.45, 7) is 0. The smallest absolute Gasteiger partial charge is 0.0633 e. The van der Waals surface area contributed by atoms with Gasteiger partial charge in [-0.3, -0.25) is 0 Å². The first-order chi connectivity index (χ1) is 5.79. The molecule has 0 amide bonds. The average molecular weight is 200 g/mol. The molecule has 0 aromatic heterocycles. The molecule has 0 bridgehead atoms. The van der Waals surface area contributed by atoms with E-state index in [0.29, 0.717) is 16.0 Å².